The van der Waals surface area contributed by atoms with Crippen molar-refractivity contribution < 1.29 is 32.6 Å². The third-order valence-electron chi connectivity index (χ3n) is 6.20. The lowest BCUT2D eigenvalue weighted by molar-refractivity contribution is -0.272. The summed E-state index contributed by atoms with van der Waals surface area (Å²) in [6.07, 6.45) is -5.42. The number of nitrogens with zero attached hydrogens (tertiary/aromatic N) is 2. The van der Waals surface area contributed by atoms with Gasteiger partial charge in [0.1, 0.15) is 5.82 Å². The Hall–Kier alpha value is -3.03. The lowest BCUT2D eigenvalue weighted by Gasteiger charge is -2.29. The van der Waals surface area contributed by atoms with E-state index in [1.165, 1.54) is 23.6 Å². The maximum atomic E-state index is 14.2. The number of aromatic nitrogens is 2. The minimum atomic E-state index is -5.21. The van der Waals surface area contributed by atoms with Crippen LogP contribution in [0.2, 0.25) is 0 Å². The van der Waals surface area contributed by atoms with Gasteiger partial charge in [0.25, 0.3) is 5.91 Å². The largest absolute Gasteiger partial charge is 0.419 e. The molecule has 5 N–H and O–H groups in total. The van der Waals surface area contributed by atoms with Gasteiger partial charge in [-0.05, 0) is 44.4 Å². The molecule has 0 bridgehead atoms. The Balaban J connectivity index is 1.54. The Morgan fingerprint density at radius 2 is 2.03 bits per heavy atom. The zero-order valence-corrected chi connectivity index (χ0v) is 20.0. The number of aliphatic hydroxyl groups excluding tert-OH is 1. The lowest BCUT2D eigenvalue weighted by atomic mass is 9.99. The number of alkyl halides is 4. The van der Waals surface area contributed by atoms with Crippen LogP contribution in [0.5, 0.6) is 0 Å². The van der Waals surface area contributed by atoms with Crippen LogP contribution in [0.3, 0.4) is 0 Å². The number of halogens is 4. The van der Waals surface area contributed by atoms with Gasteiger partial charge in [-0.25, -0.2) is 14.4 Å². The Morgan fingerprint density at radius 3 is 2.72 bits per heavy atom. The van der Waals surface area contributed by atoms with Crippen molar-refractivity contribution in [3.05, 3.63) is 41.5 Å². The molecule has 0 saturated heterocycles. The molecule has 8 nitrogen and oxygen atoms in total. The zero-order chi connectivity index (χ0) is 26.1. The number of carbonyl (C=O) groups excluding carboxylic acids is 1. The number of hydrogen-bond acceptors (Lipinski definition) is 8. The van der Waals surface area contributed by atoms with E-state index in [1.807, 2.05) is 18.2 Å². The summed E-state index contributed by atoms with van der Waals surface area (Å²) < 4.78 is 53.8. The van der Waals surface area contributed by atoms with Crippen LogP contribution in [-0.2, 0) is 0 Å². The summed E-state index contributed by atoms with van der Waals surface area (Å²) in [5.41, 5.74) is -0.105. The first kappa shape index (κ1) is 26.0. The maximum Gasteiger partial charge on any atom is 0.419 e. The number of rotatable bonds is 8. The van der Waals surface area contributed by atoms with Crippen LogP contribution >= 0.6 is 11.3 Å². The SMILES string of the molecule is CC(O)([C@H](F)CNC(=O)c1cnc(Nc2ccc3ncsc3c2)cc1N[C@@H]1CCC[C@H]1O)C(F)(F)F. The van der Waals surface area contributed by atoms with E-state index in [4.69, 9.17) is 0 Å². The zero-order valence-electron chi connectivity index (χ0n) is 19.1. The molecule has 1 amide bonds. The van der Waals surface area contributed by atoms with Crippen molar-refractivity contribution in [2.24, 2.45) is 0 Å². The highest BCUT2D eigenvalue weighted by Gasteiger charge is 2.55. The van der Waals surface area contributed by atoms with Crippen LogP contribution < -0.4 is 16.0 Å². The van der Waals surface area contributed by atoms with Gasteiger partial charge in [-0.1, -0.05) is 0 Å². The van der Waals surface area contributed by atoms with E-state index in [1.54, 1.807) is 5.51 Å². The van der Waals surface area contributed by atoms with Crippen LogP contribution in [0.15, 0.2) is 36.0 Å². The molecule has 1 aliphatic rings. The van der Waals surface area contributed by atoms with Gasteiger partial charge in [0.2, 0.25) is 0 Å². The molecule has 1 unspecified atom stereocenters. The topological polar surface area (TPSA) is 119 Å². The van der Waals surface area contributed by atoms with E-state index in [0.717, 1.165) is 22.3 Å². The monoisotopic (exact) mass is 527 g/mol. The minimum absolute atomic E-state index is 0.0450. The predicted octanol–water partition coefficient (Wildman–Crippen LogP) is 4.14. The number of nitrogens with one attached hydrogen (secondary N) is 3. The van der Waals surface area contributed by atoms with Crippen LogP contribution in [0.1, 0.15) is 36.5 Å². The molecule has 2 aromatic heterocycles. The summed E-state index contributed by atoms with van der Waals surface area (Å²) in [4.78, 5) is 21.2. The number of pyridine rings is 1. The highest BCUT2D eigenvalue weighted by Crippen LogP contribution is 2.34. The molecule has 1 aromatic carbocycles. The summed E-state index contributed by atoms with van der Waals surface area (Å²) in [5, 5.41) is 28.1. The summed E-state index contributed by atoms with van der Waals surface area (Å²) in [7, 11) is 0. The molecule has 0 spiro atoms. The number of hydrogen-bond donors (Lipinski definition) is 5. The molecule has 0 aliphatic heterocycles. The Bertz CT molecular complexity index is 1240. The molecule has 36 heavy (non-hydrogen) atoms. The molecule has 4 atom stereocenters. The summed E-state index contributed by atoms with van der Waals surface area (Å²) in [6, 6.07) is 6.73. The van der Waals surface area contributed by atoms with Gasteiger partial charge >= 0.3 is 6.18 Å². The first-order valence-electron chi connectivity index (χ1n) is 11.2. The second-order valence-corrected chi connectivity index (χ2v) is 9.73. The van der Waals surface area contributed by atoms with Crippen molar-refractivity contribution in [3.8, 4) is 0 Å². The van der Waals surface area contributed by atoms with Crippen LogP contribution in [0, 0.1) is 0 Å². The number of amides is 1. The van der Waals surface area contributed by atoms with Crippen LogP contribution in [0.25, 0.3) is 10.2 Å². The number of thiazole rings is 1. The van der Waals surface area contributed by atoms with Gasteiger partial charge in [0.05, 0.1) is 45.7 Å². The average molecular weight is 528 g/mol. The number of fused-ring (bicyclic) bond motifs is 1. The lowest BCUT2D eigenvalue weighted by Crippen LogP contribution is -2.54. The van der Waals surface area contributed by atoms with E-state index in [-0.39, 0.29) is 17.3 Å². The van der Waals surface area contributed by atoms with Crippen molar-refractivity contribution in [2.75, 3.05) is 17.2 Å². The highest BCUT2D eigenvalue weighted by molar-refractivity contribution is 7.16. The quantitative estimate of drug-likeness (QED) is 0.279. The third kappa shape index (κ3) is 5.52. The number of carbonyl (C=O) groups is 1. The number of anilines is 3. The molecule has 194 valence electrons. The van der Waals surface area contributed by atoms with Gasteiger partial charge in [-0.15, -0.1) is 11.3 Å². The van der Waals surface area contributed by atoms with E-state index in [2.05, 4.69) is 25.9 Å². The minimum Gasteiger partial charge on any atom is -0.391 e. The fraction of sp³-hybridized carbons (Fsp3) is 0.435. The first-order valence-corrected chi connectivity index (χ1v) is 12.1. The van der Waals surface area contributed by atoms with Gasteiger partial charge in [0.15, 0.2) is 11.8 Å². The molecule has 1 fully saturated rings. The van der Waals surface area contributed by atoms with Crippen molar-refractivity contribution in [2.45, 2.75) is 56.3 Å². The van der Waals surface area contributed by atoms with Gasteiger partial charge in [-0.2, -0.15) is 13.2 Å². The van der Waals surface area contributed by atoms with E-state index >= 15 is 0 Å². The number of benzene rings is 1. The molecule has 1 aliphatic carbocycles. The average Bonchev–Trinajstić information content (AvgIpc) is 3.45. The van der Waals surface area contributed by atoms with Crippen molar-refractivity contribution in [1.82, 2.24) is 15.3 Å². The fourth-order valence-electron chi connectivity index (χ4n) is 3.87. The van der Waals surface area contributed by atoms with Crippen molar-refractivity contribution in [1.29, 1.82) is 0 Å². The summed E-state index contributed by atoms with van der Waals surface area (Å²) in [6.45, 7) is -0.754. The normalized spacial score (nSPS) is 20.6. The van der Waals surface area contributed by atoms with E-state index in [9.17, 15) is 32.6 Å². The molecule has 2 heterocycles. The van der Waals surface area contributed by atoms with Gasteiger partial charge in [0, 0.05) is 18.0 Å². The highest BCUT2D eigenvalue weighted by atomic mass is 32.1. The molecular formula is C23H25F4N5O3S. The Labute approximate surface area is 207 Å². The summed E-state index contributed by atoms with van der Waals surface area (Å²) in [5.74, 6) is -0.510. The number of aliphatic hydroxyl groups is 2. The van der Waals surface area contributed by atoms with Crippen LogP contribution in [-0.4, -0.2) is 62.7 Å². The fourth-order valence-corrected chi connectivity index (χ4v) is 4.58. The molecule has 4 rings (SSSR count). The molecule has 3 aromatic rings. The molecule has 1 saturated carbocycles. The Kier molecular flexibility index (Phi) is 7.34. The molecule has 0 radical (unpaired) electrons. The molecular weight excluding hydrogens is 502 g/mol. The van der Waals surface area contributed by atoms with Crippen LogP contribution in [0.4, 0.5) is 34.8 Å². The Morgan fingerprint density at radius 1 is 1.25 bits per heavy atom. The smallest absolute Gasteiger partial charge is 0.391 e. The molecule has 13 heteroatoms. The standard InChI is InChI=1S/C23H25F4N5O3S/c1-22(35,23(25,26)27)19(24)10-29-21(34)13-9-28-20(8-16(13)32-14-3-2-4-17(14)33)31-12-5-6-15-18(7-12)36-11-30-15/h5-9,11,14,17,19,33,35H,2-4,10H2,1H3,(H,29,34)(H2,28,31,32)/t14-,17-,19-,22?/m1/s1. The summed E-state index contributed by atoms with van der Waals surface area (Å²) >= 11 is 1.47. The van der Waals surface area contributed by atoms with Crippen molar-refractivity contribution >= 4 is 44.7 Å². The van der Waals surface area contributed by atoms with Gasteiger partial charge < -0.3 is 26.2 Å². The first-order chi connectivity index (χ1) is 17.0. The predicted molar refractivity (Wildman–Crippen MR) is 128 cm³/mol. The van der Waals surface area contributed by atoms with Gasteiger partial charge in [-0.3, -0.25) is 4.79 Å². The van der Waals surface area contributed by atoms with E-state index < -0.39 is 36.5 Å². The second kappa shape index (κ2) is 10.1. The van der Waals surface area contributed by atoms with E-state index in [0.29, 0.717) is 25.6 Å². The van der Waals surface area contributed by atoms with Crippen molar-refractivity contribution in [3.63, 3.8) is 0 Å². The second-order valence-electron chi connectivity index (χ2n) is 8.85. The third-order valence-corrected chi connectivity index (χ3v) is 6.99. The maximum absolute atomic E-state index is 14.2.